The Balaban J connectivity index is 1.70. The number of aromatic nitrogens is 4. The van der Waals surface area contributed by atoms with Crippen molar-refractivity contribution in [1.29, 1.82) is 0 Å². The minimum Gasteiger partial charge on any atom is -0.312 e. The zero-order valence-corrected chi connectivity index (χ0v) is 13.2. The third kappa shape index (κ3) is 3.01. The van der Waals surface area contributed by atoms with Gasteiger partial charge in [0.05, 0.1) is 22.3 Å². The van der Waals surface area contributed by atoms with E-state index in [-0.39, 0.29) is 5.56 Å². The van der Waals surface area contributed by atoms with Crippen molar-refractivity contribution in [2.45, 2.75) is 32.2 Å². The Hall–Kier alpha value is -1.66. The normalized spacial score (nSPS) is 11.3. The van der Waals surface area contributed by atoms with Crippen molar-refractivity contribution < 1.29 is 0 Å². The molecule has 0 amide bonds. The van der Waals surface area contributed by atoms with Crippen LogP contribution in [0.2, 0.25) is 0 Å². The van der Waals surface area contributed by atoms with Gasteiger partial charge in [-0.25, -0.2) is 9.50 Å². The summed E-state index contributed by atoms with van der Waals surface area (Å²) in [5.74, 6) is 0.452. The van der Waals surface area contributed by atoms with Crippen molar-refractivity contribution in [3.63, 3.8) is 0 Å². The molecule has 5 nitrogen and oxygen atoms in total. The van der Waals surface area contributed by atoms with Gasteiger partial charge in [0.2, 0.25) is 0 Å². The number of hydrogen-bond donors (Lipinski definition) is 0. The van der Waals surface area contributed by atoms with Gasteiger partial charge in [-0.05, 0) is 19.4 Å². The second kappa shape index (κ2) is 5.99. The number of aryl methyl sites for hydroxylation is 3. The van der Waals surface area contributed by atoms with Gasteiger partial charge in [-0.3, -0.25) is 4.79 Å². The predicted octanol–water partition coefficient (Wildman–Crippen LogP) is 2.63. The van der Waals surface area contributed by atoms with Gasteiger partial charge in [0.1, 0.15) is 5.52 Å². The van der Waals surface area contributed by atoms with Crippen LogP contribution in [0.3, 0.4) is 0 Å². The van der Waals surface area contributed by atoms with Gasteiger partial charge in [-0.1, -0.05) is 0 Å². The molecule has 0 aliphatic carbocycles. The van der Waals surface area contributed by atoms with E-state index in [9.17, 15) is 4.79 Å². The van der Waals surface area contributed by atoms with Crippen LogP contribution < -0.4 is 5.56 Å². The van der Waals surface area contributed by atoms with E-state index in [0.29, 0.717) is 17.9 Å². The molecule has 0 atom stereocenters. The third-order valence-corrected chi connectivity index (χ3v) is 4.48. The lowest BCUT2D eigenvalue weighted by atomic mass is 10.3. The highest BCUT2D eigenvalue weighted by Crippen LogP contribution is 2.13. The van der Waals surface area contributed by atoms with Crippen molar-refractivity contribution in [3.05, 3.63) is 50.6 Å². The first kappa shape index (κ1) is 14.3. The van der Waals surface area contributed by atoms with Gasteiger partial charge < -0.3 is 4.57 Å². The molecule has 0 radical (unpaired) electrons. The molecule has 110 valence electrons. The molecular weight excluding hydrogens is 308 g/mol. The van der Waals surface area contributed by atoms with Gasteiger partial charge in [0.15, 0.2) is 0 Å². The van der Waals surface area contributed by atoms with Gasteiger partial charge >= 0.3 is 0 Å². The number of thiazole rings is 1. The highest BCUT2D eigenvalue weighted by Gasteiger charge is 2.06. The van der Waals surface area contributed by atoms with E-state index in [1.807, 2.05) is 24.6 Å². The molecule has 3 heterocycles. The van der Waals surface area contributed by atoms with Crippen molar-refractivity contribution in [2.24, 2.45) is 0 Å². The lowest BCUT2D eigenvalue weighted by Gasteiger charge is -2.04. The van der Waals surface area contributed by atoms with Gasteiger partial charge in [0.25, 0.3) is 5.56 Å². The molecule has 0 aliphatic rings. The van der Waals surface area contributed by atoms with Crippen molar-refractivity contribution in [2.75, 3.05) is 0 Å². The lowest BCUT2D eigenvalue weighted by Crippen LogP contribution is -2.21. The van der Waals surface area contributed by atoms with E-state index in [2.05, 4.69) is 10.1 Å². The zero-order chi connectivity index (χ0) is 14.8. The molecular formula is C14H15ClN4OS. The molecule has 3 aromatic rings. The van der Waals surface area contributed by atoms with Crippen molar-refractivity contribution in [1.82, 2.24) is 19.2 Å². The van der Waals surface area contributed by atoms with Crippen molar-refractivity contribution >= 4 is 28.5 Å². The van der Waals surface area contributed by atoms with Crippen LogP contribution in [0.25, 0.3) is 5.52 Å². The quantitative estimate of drug-likeness (QED) is 0.679. The molecule has 0 saturated heterocycles. The van der Waals surface area contributed by atoms with E-state index < -0.39 is 0 Å². The summed E-state index contributed by atoms with van der Waals surface area (Å²) < 4.78 is 3.36. The van der Waals surface area contributed by atoms with Crippen molar-refractivity contribution in [3.8, 4) is 0 Å². The SMILES string of the molecule is Cc1cc2c(=O)n(CCCc3nc(CCl)cs3)ccn2n1. The maximum atomic E-state index is 12.3. The summed E-state index contributed by atoms with van der Waals surface area (Å²) in [5, 5.41) is 7.29. The molecule has 7 heteroatoms. The molecule has 0 spiro atoms. The first-order valence-electron chi connectivity index (χ1n) is 6.72. The fraction of sp³-hybridized carbons (Fsp3) is 0.357. The van der Waals surface area contributed by atoms with Crippen LogP contribution in [0.15, 0.2) is 28.6 Å². The Morgan fingerprint density at radius 3 is 3.00 bits per heavy atom. The van der Waals surface area contributed by atoms with Crippen LogP contribution in [0.5, 0.6) is 0 Å². The predicted molar refractivity (Wildman–Crippen MR) is 84.2 cm³/mol. The minimum atomic E-state index is -0.00122. The summed E-state index contributed by atoms with van der Waals surface area (Å²) in [7, 11) is 0. The van der Waals surface area contributed by atoms with E-state index in [1.54, 1.807) is 26.6 Å². The fourth-order valence-electron chi connectivity index (χ4n) is 2.25. The number of hydrogen-bond acceptors (Lipinski definition) is 4. The second-order valence-corrected chi connectivity index (χ2v) is 6.09. The maximum Gasteiger partial charge on any atom is 0.276 e. The average molecular weight is 323 g/mol. The number of halogens is 1. The Labute approximate surface area is 130 Å². The van der Waals surface area contributed by atoms with E-state index in [4.69, 9.17) is 11.6 Å². The van der Waals surface area contributed by atoms with E-state index >= 15 is 0 Å². The van der Waals surface area contributed by atoms with Crippen LogP contribution in [0.4, 0.5) is 0 Å². The molecule has 0 unspecified atom stereocenters. The van der Waals surface area contributed by atoms with Crippen LogP contribution in [-0.2, 0) is 18.8 Å². The Morgan fingerprint density at radius 1 is 1.38 bits per heavy atom. The van der Waals surface area contributed by atoms with Gasteiger partial charge in [-0.2, -0.15) is 5.10 Å². The van der Waals surface area contributed by atoms with Crippen LogP contribution in [-0.4, -0.2) is 19.2 Å². The summed E-state index contributed by atoms with van der Waals surface area (Å²) in [5.41, 5.74) is 2.39. The minimum absolute atomic E-state index is 0.00122. The summed E-state index contributed by atoms with van der Waals surface area (Å²) in [6, 6.07) is 1.81. The number of fused-ring (bicyclic) bond motifs is 1. The fourth-order valence-corrected chi connectivity index (χ4v) is 3.32. The monoisotopic (exact) mass is 322 g/mol. The molecule has 0 aromatic carbocycles. The standard InChI is InChI=1S/C14H15ClN4OS/c1-10-7-12-14(20)18(5-6-19(12)17-10)4-2-3-13-16-11(8-15)9-21-13/h5-7,9H,2-4,8H2,1H3. The molecule has 3 aromatic heterocycles. The highest BCUT2D eigenvalue weighted by atomic mass is 35.5. The molecule has 0 saturated carbocycles. The van der Waals surface area contributed by atoms with Gasteiger partial charge in [0, 0.05) is 30.7 Å². The molecule has 0 N–H and O–H groups in total. The Bertz CT molecular complexity index is 820. The summed E-state index contributed by atoms with van der Waals surface area (Å²) >= 11 is 7.36. The number of nitrogens with zero attached hydrogens (tertiary/aromatic N) is 4. The first-order chi connectivity index (χ1) is 10.2. The van der Waals surface area contributed by atoms with Gasteiger partial charge in [-0.15, -0.1) is 22.9 Å². The largest absolute Gasteiger partial charge is 0.312 e. The zero-order valence-electron chi connectivity index (χ0n) is 11.6. The van der Waals surface area contributed by atoms with Crippen LogP contribution >= 0.6 is 22.9 Å². The second-order valence-electron chi connectivity index (χ2n) is 4.88. The highest BCUT2D eigenvalue weighted by molar-refractivity contribution is 7.09. The van der Waals surface area contributed by atoms with E-state index in [0.717, 1.165) is 29.2 Å². The Morgan fingerprint density at radius 2 is 2.24 bits per heavy atom. The molecule has 21 heavy (non-hydrogen) atoms. The number of rotatable bonds is 5. The molecule has 0 aliphatic heterocycles. The topological polar surface area (TPSA) is 52.2 Å². The molecule has 0 bridgehead atoms. The maximum absolute atomic E-state index is 12.3. The summed E-state index contributed by atoms with van der Waals surface area (Å²) in [6.45, 7) is 2.56. The lowest BCUT2D eigenvalue weighted by molar-refractivity contribution is 0.617. The smallest absolute Gasteiger partial charge is 0.276 e. The average Bonchev–Trinajstić information content (AvgIpc) is 3.07. The summed E-state index contributed by atoms with van der Waals surface area (Å²) in [6.07, 6.45) is 5.34. The molecule has 3 rings (SSSR count). The Kier molecular flexibility index (Phi) is 4.07. The summed E-state index contributed by atoms with van der Waals surface area (Å²) in [4.78, 5) is 16.7. The first-order valence-corrected chi connectivity index (χ1v) is 8.13. The number of alkyl halides is 1. The van der Waals surface area contributed by atoms with Crippen LogP contribution in [0.1, 0.15) is 22.8 Å². The van der Waals surface area contributed by atoms with E-state index in [1.165, 1.54) is 0 Å². The molecule has 0 fully saturated rings. The third-order valence-electron chi connectivity index (χ3n) is 3.25. The van der Waals surface area contributed by atoms with Crippen LogP contribution in [0, 0.1) is 6.92 Å².